The van der Waals surface area contributed by atoms with E-state index >= 15 is 0 Å². The van der Waals surface area contributed by atoms with Crippen LogP contribution >= 0.6 is 22.6 Å². The zero-order chi connectivity index (χ0) is 11.8. The van der Waals surface area contributed by atoms with Crippen LogP contribution in [0.15, 0.2) is 24.3 Å². The summed E-state index contributed by atoms with van der Waals surface area (Å²) in [6.45, 7) is 6.45. The molecule has 1 aromatic carbocycles. The number of hydrogen-bond donors (Lipinski definition) is 1. The van der Waals surface area contributed by atoms with Crippen LogP contribution in [0.5, 0.6) is 5.75 Å². The summed E-state index contributed by atoms with van der Waals surface area (Å²) < 4.78 is 6.90. The molecule has 0 bridgehead atoms. The minimum absolute atomic E-state index is 0.735. The normalized spacial score (nSPS) is 12.4. The van der Waals surface area contributed by atoms with Crippen molar-refractivity contribution in [3.05, 3.63) is 27.8 Å². The molecule has 0 unspecified atom stereocenters. The average Bonchev–Trinajstić information content (AvgIpc) is 2.31. The van der Waals surface area contributed by atoms with Gasteiger partial charge in [-0.05, 0) is 60.2 Å². The van der Waals surface area contributed by atoms with Gasteiger partial charge in [0.1, 0.15) is 5.75 Å². The molecule has 0 aromatic heterocycles. The van der Waals surface area contributed by atoms with Gasteiger partial charge in [-0.2, -0.15) is 0 Å². The topological polar surface area (TPSA) is 25.8 Å². The van der Waals surface area contributed by atoms with Crippen LogP contribution < -0.4 is 10.1 Å². The van der Waals surface area contributed by atoms with E-state index in [1.54, 1.807) is 0 Å². The van der Waals surface area contributed by atoms with Gasteiger partial charge in [0.15, 0.2) is 0 Å². The SMILES string of the molecule is CC[C@@H](C)[NH2+]CCCOc1ccc(I)cc1. The van der Waals surface area contributed by atoms with Gasteiger partial charge in [-0.15, -0.1) is 0 Å². The van der Waals surface area contributed by atoms with Crippen molar-refractivity contribution in [1.29, 1.82) is 0 Å². The fourth-order valence-corrected chi connectivity index (χ4v) is 1.73. The van der Waals surface area contributed by atoms with Gasteiger partial charge in [-0.1, -0.05) is 6.92 Å². The summed E-state index contributed by atoms with van der Waals surface area (Å²) in [5.41, 5.74) is 0. The molecule has 2 N–H and O–H groups in total. The van der Waals surface area contributed by atoms with Gasteiger partial charge in [0.05, 0.1) is 19.2 Å². The Morgan fingerprint density at radius 2 is 2.00 bits per heavy atom. The van der Waals surface area contributed by atoms with Crippen molar-refractivity contribution >= 4 is 22.6 Å². The second-order valence-electron chi connectivity index (χ2n) is 4.07. The third-order valence-corrected chi connectivity index (χ3v) is 3.36. The van der Waals surface area contributed by atoms with E-state index in [1.807, 2.05) is 12.1 Å². The molecule has 1 rings (SSSR count). The van der Waals surface area contributed by atoms with E-state index in [1.165, 1.54) is 9.99 Å². The molecule has 0 amide bonds. The second-order valence-corrected chi connectivity index (χ2v) is 5.31. The van der Waals surface area contributed by atoms with Gasteiger partial charge >= 0.3 is 0 Å². The molecule has 1 aromatic rings. The van der Waals surface area contributed by atoms with Gasteiger partial charge in [-0.25, -0.2) is 0 Å². The van der Waals surface area contributed by atoms with Gasteiger partial charge < -0.3 is 10.1 Å². The Hall–Kier alpha value is -0.290. The molecule has 2 nitrogen and oxygen atoms in total. The molecule has 0 radical (unpaired) electrons. The molecule has 0 spiro atoms. The second kappa shape index (κ2) is 7.90. The molecule has 3 heteroatoms. The molecule has 0 heterocycles. The lowest BCUT2D eigenvalue weighted by Gasteiger charge is -2.08. The third-order valence-electron chi connectivity index (χ3n) is 2.64. The fourth-order valence-electron chi connectivity index (χ4n) is 1.37. The average molecular weight is 334 g/mol. The Morgan fingerprint density at radius 1 is 1.31 bits per heavy atom. The van der Waals surface area contributed by atoms with Crippen LogP contribution in [0.2, 0.25) is 0 Å². The maximum atomic E-state index is 5.65. The van der Waals surface area contributed by atoms with Gasteiger partial charge in [0.25, 0.3) is 0 Å². The van der Waals surface area contributed by atoms with Gasteiger partial charge in [0.2, 0.25) is 0 Å². The van der Waals surface area contributed by atoms with Gasteiger partial charge in [0, 0.05) is 9.99 Å². The largest absolute Gasteiger partial charge is 0.493 e. The number of benzene rings is 1. The number of quaternary nitrogens is 1. The number of hydrogen-bond acceptors (Lipinski definition) is 1. The lowest BCUT2D eigenvalue weighted by molar-refractivity contribution is -0.686. The summed E-state index contributed by atoms with van der Waals surface area (Å²) in [5.74, 6) is 0.976. The van der Waals surface area contributed by atoms with Crippen LogP contribution in [0, 0.1) is 3.57 Å². The molecule has 90 valence electrons. The lowest BCUT2D eigenvalue weighted by atomic mass is 10.2. The molecule has 0 saturated heterocycles. The maximum absolute atomic E-state index is 5.65. The summed E-state index contributed by atoms with van der Waals surface area (Å²) in [6, 6.07) is 8.93. The number of nitrogens with two attached hydrogens (primary N) is 1. The van der Waals surface area contributed by atoms with Crippen LogP contribution in [-0.2, 0) is 0 Å². The zero-order valence-corrected chi connectivity index (χ0v) is 12.2. The van der Waals surface area contributed by atoms with Gasteiger partial charge in [-0.3, -0.25) is 0 Å². The standard InChI is InChI=1S/C13H20INO/c1-3-11(2)15-9-4-10-16-13-7-5-12(14)6-8-13/h5-8,11,15H,3-4,9-10H2,1-2H3/p+1/t11-/m1/s1. The summed E-state index contributed by atoms with van der Waals surface area (Å²) in [5, 5.41) is 2.39. The predicted molar refractivity (Wildman–Crippen MR) is 75.8 cm³/mol. The smallest absolute Gasteiger partial charge is 0.119 e. The van der Waals surface area contributed by atoms with Crippen molar-refractivity contribution in [1.82, 2.24) is 0 Å². The van der Waals surface area contributed by atoms with E-state index in [2.05, 4.69) is 53.9 Å². The Labute approximate surface area is 112 Å². The molecular formula is C13H21INO+. The Balaban J connectivity index is 2.09. The quantitative estimate of drug-likeness (QED) is 0.601. The molecule has 0 fully saturated rings. The molecule has 0 saturated carbocycles. The first-order valence-electron chi connectivity index (χ1n) is 5.94. The highest BCUT2D eigenvalue weighted by Gasteiger charge is 2.00. The minimum Gasteiger partial charge on any atom is -0.493 e. The Kier molecular flexibility index (Phi) is 6.80. The summed E-state index contributed by atoms with van der Waals surface area (Å²) in [4.78, 5) is 0. The number of halogens is 1. The summed E-state index contributed by atoms with van der Waals surface area (Å²) >= 11 is 2.30. The highest BCUT2D eigenvalue weighted by Crippen LogP contribution is 2.13. The number of rotatable bonds is 7. The molecular weight excluding hydrogens is 313 g/mol. The zero-order valence-electron chi connectivity index (χ0n) is 10.1. The van der Waals surface area contributed by atoms with Crippen LogP contribution in [0.4, 0.5) is 0 Å². The Morgan fingerprint density at radius 3 is 2.62 bits per heavy atom. The molecule has 1 atom stereocenters. The van der Waals surface area contributed by atoms with E-state index in [0.29, 0.717) is 0 Å². The molecule has 16 heavy (non-hydrogen) atoms. The lowest BCUT2D eigenvalue weighted by Crippen LogP contribution is -2.89. The van der Waals surface area contributed by atoms with Crippen molar-refractivity contribution < 1.29 is 10.1 Å². The monoisotopic (exact) mass is 334 g/mol. The van der Waals surface area contributed by atoms with E-state index in [9.17, 15) is 0 Å². The van der Waals surface area contributed by atoms with Crippen molar-refractivity contribution in [2.24, 2.45) is 0 Å². The highest BCUT2D eigenvalue weighted by atomic mass is 127. The van der Waals surface area contributed by atoms with Crippen LogP contribution in [-0.4, -0.2) is 19.2 Å². The molecule has 0 aliphatic heterocycles. The molecule has 0 aliphatic carbocycles. The van der Waals surface area contributed by atoms with E-state index in [4.69, 9.17) is 4.74 Å². The third kappa shape index (κ3) is 5.70. The maximum Gasteiger partial charge on any atom is 0.119 e. The Bertz CT molecular complexity index is 286. The minimum atomic E-state index is 0.735. The van der Waals surface area contributed by atoms with Crippen LogP contribution in [0.1, 0.15) is 26.7 Å². The number of ether oxygens (including phenoxy) is 1. The van der Waals surface area contributed by atoms with E-state index in [-0.39, 0.29) is 0 Å². The fraction of sp³-hybridized carbons (Fsp3) is 0.538. The van der Waals surface area contributed by atoms with Crippen molar-refractivity contribution in [2.75, 3.05) is 13.2 Å². The van der Waals surface area contributed by atoms with E-state index < -0.39 is 0 Å². The van der Waals surface area contributed by atoms with Crippen molar-refractivity contribution in [3.8, 4) is 5.75 Å². The first-order chi connectivity index (χ1) is 7.72. The highest BCUT2D eigenvalue weighted by molar-refractivity contribution is 14.1. The summed E-state index contributed by atoms with van der Waals surface area (Å²) in [6.07, 6.45) is 2.34. The van der Waals surface area contributed by atoms with Crippen molar-refractivity contribution in [3.63, 3.8) is 0 Å². The van der Waals surface area contributed by atoms with Crippen LogP contribution in [0.25, 0.3) is 0 Å². The molecule has 0 aliphatic rings. The van der Waals surface area contributed by atoms with Crippen LogP contribution in [0.3, 0.4) is 0 Å². The first-order valence-corrected chi connectivity index (χ1v) is 7.02. The first kappa shape index (κ1) is 13.8. The van der Waals surface area contributed by atoms with Crippen molar-refractivity contribution in [2.45, 2.75) is 32.7 Å². The predicted octanol–water partition coefficient (Wildman–Crippen LogP) is 2.42. The summed E-state index contributed by atoms with van der Waals surface area (Å²) in [7, 11) is 0. The van der Waals surface area contributed by atoms with E-state index in [0.717, 1.165) is 31.4 Å².